The molecule has 4 aromatic carbocycles. The van der Waals surface area contributed by atoms with Crippen molar-refractivity contribution in [3.63, 3.8) is 0 Å². The van der Waals surface area contributed by atoms with Gasteiger partial charge in [0.1, 0.15) is 17.4 Å². The molecule has 0 bridgehead atoms. The van der Waals surface area contributed by atoms with E-state index in [2.05, 4.69) is 15.6 Å². The second kappa shape index (κ2) is 10.7. The predicted molar refractivity (Wildman–Crippen MR) is 144 cm³/mol. The summed E-state index contributed by atoms with van der Waals surface area (Å²) in [6.45, 7) is 0. The van der Waals surface area contributed by atoms with Crippen molar-refractivity contribution in [3.05, 3.63) is 126 Å². The van der Waals surface area contributed by atoms with Crippen molar-refractivity contribution in [2.45, 2.75) is 6.10 Å². The Morgan fingerprint density at radius 2 is 1.38 bits per heavy atom. The highest BCUT2D eigenvalue weighted by molar-refractivity contribution is 6.02. The molecule has 7 nitrogen and oxygen atoms in total. The van der Waals surface area contributed by atoms with E-state index in [0.717, 1.165) is 22.0 Å². The first kappa shape index (κ1) is 23.7. The molecule has 0 unspecified atom stereocenters. The minimum Gasteiger partial charge on any atom is -0.480 e. The largest absolute Gasteiger partial charge is 0.480 e. The van der Waals surface area contributed by atoms with Gasteiger partial charge in [-0.05, 0) is 53.6 Å². The molecule has 0 radical (unpaired) electrons. The van der Waals surface area contributed by atoms with Crippen molar-refractivity contribution in [2.75, 3.05) is 17.7 Å². The molecule has 1 heterocycles. The van der Waals surface area contributed by atoms with E-state index in [-0.39, 0.29) is 5.56 Å². The molecule has 7 heteroatoms. The number of urea groups is 1. The number of rotatable bonds is 7. The van der Waals surface area contributed by atoms with Gasteiger partial charge >= 0.3 is 12.0 Å². The maximum Gasteiger partial charge on any atom is 0.341 e. The van der Waals surface area contributed by atoms with E-state index in [1.807, 2.05) is 91.1 Å². The van der Waals surface area contributed by atoms with Gasteiger partial charge in [-0.3, -0.25) is 0 Å². The van der Waals surface area contributed by atoms with Gasteiger partial charge in [0, 0.05) is 28.5 Å². The summed E-state index contributed by atoms with van der Waals surface area (Å²) in [5, 5.41) is 6.57. The number of hydrogen-bond donors (Lipinski definition) is 3. The SMILES string of the molecule is COC(=O)c1cc(NC(=O)Nc2ccc3[nH]ccc3c2)ccc1OC(c1ccccc1)c1ccccc1. The number of methoxy groups -OCH3 is 1. The third-order valence-electron chi connectivity index (χ3n) is 5.90. The number of esters is 1. The Balaban J connectivity index is 1.39. The van der Waals surface area contributed by atoms with Gasteiger partial charge < -0.3 is 25.1 Å². The van der Waals surface area contributed by atoms with E-state index in [1.165, 1.54) is 7.11 Å². The molecule has 0 aliphatic rings. The Morgan fingerprint density at radius 3 is 2.03 bits per heavy atom. The van der Waals surface area contributed by atoms with Gasteiger partial charge in [-0.15, -0.1) is 0 Å². The number of anilines is 2. The minimum absolute atomic E-state index is 0.200. The average Bonchev–Trinajstić information content (AvgIpc) is 3.41. The fraction of sp³-hybridized carbons (Fsp3) is 0.0667. The fourth-order valence-electron chi connectivity index (χ4n) is 4.12. The molecule has 3 N–H and O–H groups in total. The first-order chi connectivity index (χ1) is 18.1. The van der Waals surface area contributed by atoms with Crippen LogP contribution in [0.1, 0.15) is 27.6 Å². The fourth-order valence-corrected chi connectivity index (χ4v) is 4.12. The lowest BCUT2D eigenvalue weighted by Gasteiger charge is -2.22. The summed E-state index contributed by atoms with van der Waals surface area (Å²) in [7, 11) is 1.31. The molecule has 0 aliphatic heterocycles. The third-order valence-corrected chi connectivity index (χ3v) is 5.90. The van der Waals surface area contributed by atoms with Crippen LogP contribution in [0.5, 0.6) is 5.75 Å². The zero-order chi connectivity index (χ0) is 25.6. The number of aromatic amines is 1. The Kier molecular flexibility index (Phi) is 6.85. The van der Waals surface area contributed by atoms with Crippen LogP contribution in [0.15, 0.2) is 109 Å². The van der Waals surface area contributed by atoms with E-state index in [1.54, 1.807) is 18.2 Å². The number of nitrogens with one attached hydrogen (secondary N) is 3. The number of H-pyrrole nitrogens is 1. The highest BCUT2D eigenvalue weighted by Gasteiger charge is 2.21. The van der Waals surface area contributed by atoms with Gasteiger partial charge in [-0.1, -0.05) is 60.7 Å². The molecular formula is C30H25N3O4. The van der Waals surface area contributed by atoms with Crippen molar-refractivity contribution in [3.8, 4) is 5.75 Å². The topological polar surface area (TPSA) is 92.5 Å². The predicted octanol–water partition coefficient (Wildman–Crippen LogP) is 6.77. The van der Waals surface area contributed by atoms with Crippen LogP contribution in [0.25, 0.3) is 10.9 Å². The smallest absolute Gasteiger partial charge is 0.341 e. The molecule has 5 rings (SSSR count). The van der Waals surface area contributed by atoms with Gasteiger partial charge in [0.15, 0.2) is 0 Å². The number of hydrogen-bond acceptors (Lipinski definition) is 4. The number of carbonyl (C=O) groups excluding carboxylic acids is 2. The molecular weight excluding hydrogens is 466 g/mol. The standard InChI is InChI=1S/C30H25N3O4/c1-36-29(34)25-19-24(33-30(35)32-23-12-14-26-22(18-23)16-17-31-26)13-15-27(25)37-28(20-8-4-2-5-9-20)21-10-6-3-7-11-21/h2-19,28,31H,1H3,(H2,32,33,35). The highest BCUT2D eigenvalue weighted by Crippen LogP contribution is 2.32. The number of benzene rings is 4. The summed E-state index contributed by atoms with van der Waals surface area (Å²) >= 11 is 0. The van der Waals surface area contributed by atoms with Crippen molar-refractivity contribution >= 4 is 34.3 Å². The maximum absolute atomic E-state index is 12.7. The second-order valence-corrected chi connectivity index (χ2v) is 8.38. The molecule has 0 aliphatic carbocycles. The summed E-state index contributed by atoms with van der Waals surface area (Å²) in [5.41, 5.74) is 4.12. The Morgan fingerprint density at radius 1 is 0.757 bits per heavy atom. The zero-order valence-corrected chi connectivity index (χ0v) is 20.1. The molecule has 184 valence electrons. The second-order valence-electron chi connectivity index (χ2n) is 8.38. The van der Waals surface area contributed by atoms with Crippen LogP contribution in [0, 0.1) is 0 Å². The first-order valence-electron chi connectivity index (χ1n) is 11.7. The van der Waals surface area contributed by atoms with Crippen molar-refractivity contribution in [1.29, 1.82) is 0 Å². The van der Waals surface area contributed by atoms with E-state index in [4.69, 9.17) is 9.47 Å². The lowest BCUT2D eigenvalue weighted by molar-refractivity contribution is 0.0594. The minimum atomic E-state index is -0.572. The molecule has 2 amide bonds. The number of fused-ring (bicyclic) bond motifs is 1. The van der Waals surface area contributed by atoms with Crippen LogP contribution >= 0.6 is 0 Å². The molecule has 0 fully saturated rings. The number of carbonyl (C=O) groups is 2. The molecule has 0 spiro atoms. The lowest BCUT2D eigenvalue weighted by atomic mass is 10.0. The first-order valence-corrected chi connectivity index (χ1v) is 11.7. The van der Waals surface area contributed by atoms with Crippen molar-refractivity contribution in [2.24, 2.45) is 0 Å². The normalized spacial score (nSPS) is 10.8. The number of amides is 2. The monoisotopic (exact) mass is 491 g/mol. The Bertz CT molecular complexity index is 1490. The third kappa shape index (κ3) is 5.46. The van der Waals surface area contributed by atoms with E-state index < -0.39 is 18.1 Å². The van der Waals surface area contributed by atoms with Crippen LogP contribution in [0.2, 0.25) is 0 Å². The van der Waals surface area contributed by atoms with E-state index in [0.29, 0.717) is 17.1 Å². The lowest BCUT2D eigenvalue weighted by Crippen LogP contribution is -2.20. The van der Waals surface area contributed by atoms with Crippen LogP contribution in [-0.4, -0.2) is 24.1 Å². The average molecular weight is 492 g/mol. The molecule has 1 aromatic heterocycles. The summed E-state index contributed by atoms with van der Waals surface area (Å²) in [5.74, 6) is -0.231. The highest BCUT2D eigenvalue weighted by atomic mass is 16.5. The summed E-state index contributed by atoms with van der Waals surface area (Å²) in [4.78, 5) is 28.5. The summed E-state index contributed by atoms with van der Waals surface area (Å²) in [6, 6.07) is 31.5. The van der Waals surface area contributed by atoms with Crippen LogP contribution in [-0.2, 0) is 4.74 Å². The van der Waals surface area contributed by atoms with Gasteiger partial charge in [-0.2, -0.15) is 0 Å². The van der Waals surface area contributed by atoms with E-state index >= 15 is 0 Å². The molecule has 37 heavy (non-hydrogen) atoms. The van der Waals surface area contributed by atoms with E-state index in [9.17, 15) is 9.59 Å². The maximum atomic E-state index is 12.7. The number of ether oxygens (including phenoxy) is 2. The van der Waals surface area contributed by atoms with Crippen LogP contribution < -0.4 is 15.4 Å². The van der Waals surface area contributed by atoms with Crippen LogP contribution in [0.3, 0.4) is 0 Å². The number of aromatic nitrogens is 1. The van der Waals surface area contributed by atoms with Gasteiger partial charge in [0.2, 0.25) is 0 Å². The molecule has 0 atom stereocenters. The Labute approximate surface area is 214 Å². The quantitative estimate of drug-likeness (QED) is 0.219. The van der Waals surface area contributed by atoms with Crippen molar-refractivity contribution < 1.29 is 19.1 Å². The molecule has 0 saturated heterocycles. The molecule has 0 saturated carbocycles. The summed E-state index contributed by atoms with van der Waals surface area (Å²) in [6.07, 6.45) is 1.39. The summed E-state index contributed by atoms with van der Waals surface area (Å²) < 4.78 is 11.4. The Hall–Kier alpha value is -5.04. The van der Waals surface area contributed by atoms with Gasteiger partial charge in [-0.25, -0.2) is 9.59 Å². The molecule has 5 aromatic rings. The zero-order valence-electron chi connectivity index (χ0n) is 20.1. The van der Waals surface area contributed by atoms with Gasteiger partial charge in [0.25, 0.3) is 0 Å². The van der Waals surface area contributed by atoms with Crippen molar-refractivity contribution in [1.82, 2.24) is 4.98 Å². The van der Waals surface area contributed by atoms with Gasteiger partial charge in [0.05, 0.1) is 7.11 Å². The van der Waals surface area contributed by atoms with Crippen LogP contribution in [0.4, 0.5) is 16.2 Å².